The van der Waals surface area contributed by atoms with E-state index in [1.165, 1.54) is 0 Å². The van der Waals surface area contributed by atoms with Gasteiger partial charge in [0.2, 0.25) is 0 Å². The van der Waals surface area contributed by atoms with Crippen molar-refractivity contribution in [2.24, 2.45) is 0 Å². The average molecular weight is 148 g/mol. The number of aliphatic hydroxyl groups is 1. The fourth-order valence-corrected chi connectivity index (χ4v) is 0. The number of rotatable bonds is 1. The van der Waals surface area contributed by atoms with Gasteiger partial charge in [-0.05, 0) is 0 Å². The van der Waals surface area contributed by atoms with E-state index in [1.807, 2.05) is 0 Å². The maximum Gasteiger partial charge on any atom is 0.485 e. The lowest BCUT2D eigenvalue weighted by atomic mass is 11.5. The lowest BCUT2D eigenvalue weighted by molar-refractivity contribution is -0.126. The molecule has 0 aromatic carbocycles. The van der Waals surface area contributed by atoms with Gasteiger partial charge < -0.3 is 5.11 Å². The highest BCUT2D eigenvalue weighted by molar-refractivity contribution is 7.86. The maximum atomic E-state index is 10.9. The van der Waals surface area contributed by atoms with Crippen LogP contribution < -0.4 is 0 Å². The minimum absolute atomic E-state index is 5.03. The Kier molecular flexibility index (Phi) is 1.55. The van der Waals surface area contributed by atoms with Gasteiger partial charge in [-0.15, -0.1) is 0 Å². The first-order chi connectivity index (χ1) is 3.25. The smallest absolute Gasteiger partial charge is 0.321 e. The fourth-order valence-electron chi connectivity index (χ4n) is 0. The zero-order valence-electron chi connectivity index (χ0n) is 3.38. The third-order valence-corrected chi connectivity index (χ3v) is 0.931. The molecule has 0 bridgehead atoms. The first kappa shape index (κ1) is 7.73. The van der Waals surface area contributed by atoms with E-state index in [1.54, 1.807) is 0 Å². The molecule has 4 nitrogen and oxygen atoms in total. The zero-order valence-corrected chi connectivity index (χ0v) is 4.19. The summed E-state index contributed by atoms with van der Waals surface area (Å²) in [5.74, 6) is 0. The van der Waals surface area contributed by atoms with Gasteiger partial charge in [-0.1, -0.05) is 0 Å². The molecule has 2 N–H and O–H groups in total. The molecule has 0 atom stereocenters. The van der Waals surface area contributed by atoms with Crippen LogP contribution in [-0.2, 0) is 10.1 Å². The molecule has 0 aliphatic heterocycles. The number of hydrogen-bond acceptors (Lipinski definition) is 3. The molecule has 0 saturated heterocycles. The Morgan fingerprint density at radius 2 is 1.50 bits per heavy atom. The van der Waals surface area contributed by atoms with Crippen LogP contribution in [0.25, 0.3) is 0 Å². The van der Waals surface area contributed by atoms with Crippen molar-refractivity contribution in [3.05, 3.63) is 0 Å². The molecule has 0 saturated carbocycles. The van der Waals surface area contributed by atoms with Gasteiger partial charge in [0.1, 0.15) is 0 Å². The van der Waals surface area contributed by atoms with Crippen LogP contribution in [0.5, 0.6) is 0 Å². The molecule has 0 aliphatic carbocycles. The molecule has 0 aromatic heterocycles. The quantitative estimate of drug-likeness (QED) is 0.487. The normalized spacial score (nSPS) is 14.0. The second-order valence-corrected chi connectivity index (χ2v) is 2.40. The van der Waals surface area contributed by atoms with Crippen molar-refractivity contribution in [3.63, 3.8) is 0 Å². The third-order valence-electron chi connectivity index (χ3n) is 0.310. The molecule has 50 valence electrons. The van der Waals surface area contributed by atoms with E-state index in [2.05, 4.69) is 0 Å². The van der Waals surface area contributed by atoms with Crippen LogP contribution in [0.15, 0.2) is 0 Å². The van der Waals surface area contributed by atoms with E-state index in [0.717, 1.165) is 0 Å². The van der Waals surface area contributed by atoms with Gasteiger partial charge >= 0.3 is 15.6 Å². The minimum atomic E-state index is -5.62. The van der Waals surface area contributed by atoms with Crippen LogP contribution in [0, 0.1) is 0 Å². The Bertz CT molecular complexity index is 163. The van der Waals surface area contributed by atoms with Crippen molar-refractivity contribution in [2.45, 2.75) is 5.44 Å². The summed E-state index contributed by atoms with van der Waals surface area (Å²) in [6.07, 6.45) is 0. The van der Waals surface area contributed by atoms with Crippen molar-refractivity contribution >= 4 is 10.1 Å². The summed E-state index contributed by atoms with van der Waals surface area (Å²) in [7, 11) is -5.62. The molecule has 0 amide bonds. The predicted molar refractivity (Wildman–Crippen MR) is 18.7 cm³/mol. The van der Waals surface area contributed by atoms with Crippen molar-refractivity contribution in [2.75, 3.05) is 0 Å². The maximum absolute atomic E-state index is 10.9. The molecular weight excluding hydrogens is 146 g/mol. The first-order valence-electron chi connectivity index (χ1n) is 1.32. The van der Waals surface area contributed by atoms with Gasteiger partial charge in [-0.3, -0.25) is 4.55 Å². The highest BCUT2D eigenvalue weighted by atomic mass is 32.2. The Balaban J connectivity index is 4.53. The molecule has 0 rings (SSSR count). The van der Waals surface area contributed by atoms with Crippen molar-refractivity contribution in [1.82, 2.24) is 0 Å². The Labute approximate surface area is 43.5 Å². The zero-order chi connectivity index (χ0) is 7.00. The molecule has 0 fully saturated rings. The standard InChI is InChI=1S/CH2F2O4S/c2-1(3,4)8(5,6)7/h4H,(H,5,6,7). The highest BCUT2D eigenvalue weighted by Crippen LogP contribution is 2.14. The number of alkyl halides is 2. The van der Waals surface area contributed by atoms with E-state index in [4.69, 9.17) is 9.66 Å². The van der Waals surface area contributed by atoms with E-state index in [0.29, 0.717) is 0 Å². The fraction of sp³-hybridized carbons (Fsp3) is 1.00. The molecule has 0 aliphatic rings. The molecule has 8 heavy (non-hydrogen) atoms. The van der Waals surface area contributed by atoms with Gasteiger partial charge in [0.05, 0.1) is 0 Å². The van der Waals surface area contributed by atoms with Crippen molar-refractivity contribution < 1.29 is 26.9 Å². The average Bonchev–Trinajstić information content (AvgIpc) is 1.25. The Morgan fingerprint density at radius 1 is 1.38 bits per heavy atom. The summed E-state index contributed by atoms with van der Waals surface area (Å²) in [6, 6.07) is 0. The largest absolute Gasteiger partial charge is 0.485 e. The van der Waals surface area contributed by atoms with Crippen LogP contribution in [0.1, 0.15) is 0 Å². The summed E-state index contributed by atoms with van der Waals surface area (Å²) >= 11 is 0. The van der Waals surface area contributed by atoms with Gasteiger partial charge in [0.15, 0.2) is 0 Å². The lowest BCUT2D eigenvalue weighted by Crippen LogP contribution is -2.26. The summed E-state index contributed by atoms with van der Waals surface area (Å²) in [5.41, 5.74) is -5.03. The summed E-state index contributed by atoms with van der Waals surface area (Å²) in [4.78, 5) is 0. The highest BCUT2D eigenvalue weighted by Gasteiger charge is 2.41. The first-order valence-corrected chi connectivity index (χ1v) is 2.76. The van der Waals surface area contributed by atoms with Crippen LogP contribution >= 0.6 is 0 Å². The molecule has 0 spiro atoms. The van der Waals surface area contributed by atoms with Gasteiger partial charge in [0.25, 0.3) is 0 Å². The minimum Gasteiger partial charge on any atom is -0.321 e. The van der Waals surface area contributed by atoms with Crippen molar-refractivity contribution in [1.29, 1.82) is 0 Å². The lowest BCUT2D eigenvalue weighted by Gasteiger charge is -2.00. The third kappa shape index (κ3) is 1.68. The topological polar surface area (TPSA) is 74.6 Å². The van der Waals surface area contributed by atoms with E-state index < -0.39 is 15.6 Å². The van der Waals surface area contributed by atoms with Crippen LogP contribution in [0.3, 0.4) is 0 Å². The molecule has 0 aromatic rings. The van der Waals surface area contributed by atoms with Crippen LogP contribution in [0.2, 0.25) is 0 Å². The monoisotopic (exact) mass is 148 g/mol. The molecule has 7 heteroatoms. The molecular formula is CH2F2O4S. The molecule has 0 unspecified atom stereocenters. The van der Waals surface area contributed by atoms with Gasteiger partial charge in [0, 0.05) is 0 Å². The molecule has 0 heterocycles. The van der Waals surface area contributed by atoms with Crippen LogP contribution in [0.4, 0.5) is 8.78 Å². The van der Waals surface area contributed by atoms with Crippen molar-refractivity contribution in [3.8, 4) is 0 Å². The van der Waals surface area contributed by atoms with Gasteiger partial charge in [-0.2, -0.15) is 17.2 Å². The Hall–Kier alpha value is -0.270. The van der Waals surface area contributed by atoms with E-state index in [-0.39, 0.29) is 0 Å². The SMILES string of the molecule is O=S(=O)(O)C(O)(F)F. The van der Waals surface area contributed by atoms with Crippen LogP contribution in [-0.4, -0.2) is 23.5 Å². The summed E-state index contributed by atoms with van der Waals surface area (Å²) in [6.45, 7) is 0. The second-order valence-electron chi connectivity index (χ2n) is 0.961. The summed E-state index contributed by atoms with van der Waals surface area (Å²) in [5, 5.41) is 7.18. The van der Waals surface area contributed by atoms with Gasteiger partial charge in [-0.25, -0.2) is 0 Å². The second kappa shape index (κ2) is 1.61. The van der Waals surface area contributed by atoms with E-state index in [9.17, 15) is 17.2 Å². The van der Waals surface area contributed by atoms with E-state index >= 15 is 0 Å². The number of halogens is 2. The summed E-state index contributed by atoms with van der Waals surface area (Å²) < 4.78 is 47.6. The molecule has 0 radical (unpaired) electrons. The number of hydrogen-bond donors (Lipinski definition) is 2. The Morgan fingerprint density at radius 3 is 1.50 bits per heavy atom. The predicted octanol–water partition coefficient (Wildman–Crippen LogP) is -0.583.